The number of rotatable bonds is 8. The summed E-state index contributed by atoms with van der Waals surface area (Å²) in [5.74, 6) is 0.238. The molecule has 0 saturated carbocycles. The molecule has 0 radical (unpaired) electrons. The molecule has 0 aromatic heterocycles. The monoisotopic (exact) mass is 297 g/mol. The summed E-state index contributed by atoms with van der Waals surface area (Å²) in [6.45, 7) is 5.61. The zero-order chi connectivity index (χ0) is 14.4. The van der Waals surface area contributed by atoms with Crippen LogP contribution in [0.3, 0.4) is 0 Å². The standard InChI is InChI=1S/C11H23NO4S2/c1-5-16-10(13)11(3,12)8-9(2)17-6-7-18(4,14)15/h9H,5-8,12H2,1-4H3. The fourth-order valence-electron chi connectivity index (χ4n) is 1.44. The first-order valence-electron chi connectivity index (χ1n) is 5.84. The Morgan fingerprint density at radius 3 is 2.50 bits per heavy atom. The summed E-state index contributed by atoms with van der Waals surface area (Å²) in [4.78, 5) is 11.6. The van der Waals surface area contributed by atoms with Gasteiger partial charge in [-0.15, -0.1) is 0 Å². The van der Waals surface area contributed by atoms with E-state index in [1.807, 2.05) is 6.92 Å². The van der Waals surface area contributed by atoms with Gasteiger partial charge >= 0.3 is 5.97 Å². The van der Waals surface area contributed by atoms with Crippen molar-refractivity contribution >= 4 is 27.6 Å². The molecule has 108 valence electrons. The number of sulfone groups is 1. The van der Waals surface area contributed by atoms with Crippen molar-refractivity contribution in [2.45, 2.75) is 38.0 Å². The number of hydrogen-bond acceptors (Lipinski definition) is 6. The Bertz CT molecular complexity index is 365. The van der Waals surface area contributed by atoms with Crippen LogP contribution in [-0.2, 0) is 19.4 Å². The predicted octanol–water partition coefficient (Wildman–Crippen LogP) is 0.823. The molecule has 7 heteroatoms. The van der Waals surface area contributed by atoms with Crippen molar-refractivity contribution < 1.29 is 17.9 Å². The largest absolute Gasteiger partial charge is 0.465 e. The first kappa shape index (κ1) is 17.7. The van der Waals surface area contributed by atoms with E-state index in [4.69, 9.17) is 10.5 Å². The van der Waals surface area contributed by atoms with Gasteiger partial charge in [-0.2, -0.15) is 11.8 Å². The molecule has 2 unspecified atom stereocenters. The summed E-state index contributed by atoms with van der Waals surface area (Å²) < 4.78 is 26.9. The molecule has 0 spiro atoms. The van der Waals surface area contributed by atoms with Gasteiger partial charge in [-0.3, -0.25) is 4.79 Å². The van der Waals surface area contributed by atoms with E-state index in [-0.39, 0.29) is 11.0 Å². The fraction of sp³-hybridized carbons (Fsp3) is 0.909. The quantitative estimate of drug-likeness (QED) is 0.668. The van der Waals surface area contributed by atoms with Crippen molar-refractivity contribution in [3.8, 4) is 0 Å². The maximum absolute atomic E-state index is 11.6. The Labute approximate surface area is 114 Å². The molecule has 0 aromatic carbocycles. The van der Waals surface area contributed by atoms with Gasteiger partial charge in [0.15, 0.2) is 0 Å². The first-order chi connectivity index (χ1) is 8.08. The summed E-state index contributed by atoms with van der Waals surface area (Å²) in [5, 5.41) is 0.103. The van der Waals surface area contributed by atoms with Crippen LogP contribution < -0.4 is 5.73 Å². The molecule has 18 heavy (non-hydrogen) atoms. The van der Waals surface area contributed by atoms with Gasteiger partial charge in [0.1, 0.15) is 15.4 Å². The second kappa shape index (κ2) is 7.35. The summed E-state index contributed by atoms with van der Waals surface area (Å²) in [7, 11) is -2.93. The number of carbonyl (C=O) groups is 1. The molecule has 0 aliphatic heterocycles. The van der Waals surface area contributed by atoms with Crippen LogP contribution in [0.4, 0.5) is 0 Å². The maximum Gasteiger partial charge on any atom is 0.325 e. The highest BCUT2D eigenvalue weighted by molar-refractivity contribution is 8.01. The highest BCUT2D eigenvalue weighted by atomic mass is 32.2. The highest BCUT2D eigenvalue weighted by Gasteiger charge is 2.31. The topological polar surface area (TPSA) is 86.5 Å². The molecule has 0 aromatic rings. The fourth-order valence-corrected chi connectivity index (χ4v) is 3.90. The Morgan fingerprint density at radius 2 is 2.06 bits per heavy atom. The summed E-state index contributed by atoms with van der Waals surface area (Å²) in [6.07, 6.45) is 1.67. The summed E-state index contributed by atoms with van der Waals surface area (Å²) >= 11 is 1.50. The van der Waals surface area contributed by atoms with Gasteiger partial charge in [-0.1, -0.05) is 6.92 Å². The van der Waals surface area contributed by atoms with E-state index >= 15 is 0 Å². The molecule has 0 aliphatic carbocycles. The lowest BCUT2D eigenvalue weighted by molar-refractivity contribution is -0.149. The Hall–Kier alpha value is -0.270. The van der Waals surface area contributed by atoms with E-state index in [0.717, 1.165) is 0 Å². The average molecular weight is 297 g/mol. The van der Waals surface area contributed by atoms with Crippen molar-refractivity contribution in [2.24, 2.45) is 5.73 Å². The van der Waals surface area contributed by atoms with Crippen LogP contribution in [0, 0.1) is 0 Å². The lowest BCUT2D eigenvalue weighted by Crippen LogP contribution is -2.47. The van der Waals surface area contributed by atoms with Crippen LogP contribution >= 0.6 is 11.8 Å². The van der Waals surface area contributed by atoms with E-state index < -0.39 is 21.3 Å². The number of esters is 1. The molecule has 0 rings (SSSR count). The van der Waals surface area contributed by atoms with Gasteiger partial charge in [-0.05, 0) is 20.3 Å². The van der Waals surface area contributed by atoms with Gasteiger partial charge in [0, 0.05) is 17.3 Å². The number of carbonyl (C=O) groups excluding carboxylic acids is 1. The Morgan fingerprint density at radius 1 is 1.50 bits per heavy atom. The van der Waals surface area contributed by atoms with Crippen LogP contribution in [0.15, 0.2) is 0 Å². The van der Waals surface area contributed by atoms with Crippen LogP contribution in [0.1, 0.15) is 27.2 Å². The zero-order valence-corrected chi connectivity index (χ0v) is 13.1. The molecule has 2 atom stereocenters. The van der Waals surface area contributed by atoms with Crippen molar-refractivity contribution in [3.63, 3.8) is 0 Å². The number of hydrogen-bond donors (Lipinski definition) is 1. The molecule has 0 saturated heterocycles. The third-order valence-corrected chi connectivity index (χ3v) is 4.69. The number of thioether (sulfide) groups is 1. The second-order valence-electron chi connectivity index (χ2n) is 4.65. The molecule has 0 bridgehead atoms. The van der Waals surface area contributed by atoms with Gasteiger partial charge in [0.05, 0.1) is 12.4 Å². The minimum Gasteiger partial charge on any atom is -0.465 e. The first-order valence-corrected chi connectivity index (χ1v) is 8.95. The minimum absolute atomic E-state index is 0.103. The minimum atomic E-state index is -2.93. The average Bonchev–Trinajstić information content (AvgIpc) is 2.14. The van der Waals surface area contributed by atoms with Crippen molar-refractivity contribution in [1.82, 2.24) is 0 Å². The van der Waals surface area contributed by atoms with Crippen LogP contribution in [-0.4, -0.2) is 49.5 Å². The highest BCUT2D eigenvalue weighted by Crippen LogP contribution is 2.21. The summed E-state index contributed by atoms with van der Waals surface area (Å²) in [6, 6.07) is 0. The smallest absolute Gasteiger partial charge is 0.325 e. The van der Waals surface area contributed by atoms with Crippen LogP contribution in [0.5, 0.6) is 0 Å². The van der Waals surface area contributed by atoms with Gasteiger partial charge in [-0.25, -0.2) is 8.42 Å². The van der Waals surface area contributed by atoms with Gasteiger partial charge in [0.25, 0.3) is 0 Å². The molecule has 0 amide bonds. The SMILES string of the molecule is CCOC(=O)C(C)(N)CC(C)SCCS(C)(=O)=O. The van der Waals surface area contributed by atoms with Crippen LogP contribution in [0.25, 0.3) is 0 Å². The lowest BCUT2D eigenvalue weighted by atomic mass is 9.98. The van der Waals surface area contributed by atoms with E-state index in [1.165, 1.54) is 18.0 Å². The van der Waals surface area contributed by atoms with Gasteiger partial charge in [0.2, 0.25) is 0 Å². The normalized spacial score (nSPS) is 16.9. The van der Waals surface area contributed by atoms with E-state index in [2.05, 4.69) is 0 Å². The third-order valence-electron chi connectivity index (χ3n) is 2.31. The van der Waals surface area contributed by atoms with Crippen molar-refractivity contribution in [2.75, 3.05) is 24.4 Å². The van der Waals surface area contributed by atoms with Crippen molar-refractivity contribution in [1.29, 1.82) is 0 Å². The Kier molecular flexibility index (Phi) is 7.24. The lowest BCUT2D eigenvalue weighted by Gasteiger charge is -2.25. The Balaban J connectivity index is 4.14. The summed E-state index contributed by atoms with van der Waals surface area (Å²) in [5.41, 5.74) is 4.88. The molecule has 0 heterocycles. The van der Waals surface area contributed by atoms with E-state index in [9.17, 15) is 13.2 Å². The molecule has 0 fully saturated rings. The predicted molar refractivity (Wildman–Crippen MR) is 75.5 cm³/mol. The molecule has 2 N–H and O–H groups in total. The molecular formula is C11H23NO4S2. The van der Waals surface area contributed by atoms with Gasteiger partial charge < -0.3 is 10.5 Å². The molecule has 0 aliphatic rings. The van der Waals surface area contributed by atoms with E-state index in [1.54, 1.807) is 13.8 Å². The zero-order valence-electron chi connectivity index (χ0n) is 11.4. The van der Waals surface area contributed by atoms with E-state index in [0.29, 0.717) is 18.8 Å². The van der Waals surface area contributed by atoms with Crippen molar-refractivity contribution in [3.05, 3.63) is 0 Å². The number of nitrogens with two attached hydrogens (primary N) is 1. The molecular weight excluding hydrogens is 274 g/mol. The molecule has 5 nitrogen and oxygen atoms in total. The maximum atomic E-state index is 11.6. The second-order valence-corrected chi connectivity index (χ2v) is 8.46. The third kappa shape index (κ3) is 7.94. The number of ether oxygens (including phenoxy) is 1. The van der Waals surface area contributed by atoms with Crippen LogP contribution in [0.2, 0.25) is 0 Å².